The summed E-state index contributed by atoms with van der Waals surface area (Å²) in [5, 5.41) is 20.6. The van der Waals surface area contributed by atoms with Crippen molar-refractivity contribution in [2.75, 3.05) is 12.9 Å². The van der Waals surface area contributed by atoms with E-state index in [1.165, 1.54) is 7.11 Å². The fourth-order valence-corrected chi connectivity index (χ4v) is 4.90. The maximum absolute atomic E-state index is 12.5. The molecular weight excluding hydrogens is 456 g/mol. The van der Waals surface area contributed by atoms with Gasteiger partial charge in [-0.3, -0.25) is 19.3 Å². The number of Topliss-reactive ketones (excluding diaryl/α,β-unsaturated/α-hetero) is 1. The molecular formula is C21H24N2O9S. The van der Waals surface area contributed by atoms with Crippen LogP contribution in [0.1, 0.15) is 18.4 Å². The molecule has 2 amide bonds. The summed E-state index contributed by atoms with van der Waals surface area (Å²) in [6.07, 6.45) is -3.11. The number of thioether (sulfide) groups is 1. The normalized spacial score (nSPS) is 25.2. The van der Waals surface area contributed by atoms with Crippen molar-refractivity contribution in [2.24, 2.45) is 0 Å². The van der Waals surface area contributed by atoms with E-state index in [2.05, 4.69) is 10.1 Å². The number of nitrogens with zero attached hydrogens (tertiary/aromatic N) is 1. The highest BCUT2D eigenvalue weighted by Crippen LogP contribution is 2.33. The maximum atomic E-state index is 12.5. The number of rotatable bonds is 10. The zero-order chi connectivity index (χ0) is 24.1. The number of ether oxygens (including phenoxy) is 2. The molecule has 1 aromatic rings. The molecule has 3 rings (SSSR count). The quantitative estimate of drug-likeness (QED) is 0.289. The number of benzene rings is 1. The lowest BCUT2D eigenvalue weighted by molar-refractivity contribution is -0.178. The second-order valence-corrected chi connectivity index (χ2v) is 8.65. The Bertz CT molecular complexity index is 926. The minimum Gasteiger partial charge on any atom is -0.478 e. The van der Waals surface area contributed by atoms with Crippen LogP contribution in [0.15, 0.2) is 30.3 Å². The molecule has 2 heterocycles. The van der Waals surface area contributed by atoms with E-state index < -0.39 is 53.6 Å². The van der Waals surface area contributed by atoms with E-state index >= 15 is 0 Å². The van der Waals surface area contributed by atoms with E-state index in [4.69, 9.17) is 9.84 Å². The third-order valence-corrected chi connectivity index (χ3v) is 6.62. The van der Waals surface area contributed by atoms with Crippen LogP contribution in [0.4, 0.5) is 0 Å². The van der Waals surface area contributed by atoms with E-state index in [1.54, 1.807) is 30.3 Å². The first-order valence-electron chi connectivity index (χ1n) is 10.2. The fraction of sp³-hybridized carbons (Fsp3) is 0.476. The van der Waals surface area contributed by atoms with Gasteiger partial charge in [0.1, 0.15) is 17.5 Å². The molecule has 2 aliphatic heterocycles. The highest BCUT2D eigenvalue weighted by molar-refractivity contribution is 8.00. The monoisotopic (exact) mass is 480 g/mol. The molecule has 0 aliphatic carbocycles. The molecule has 178 valence electrons. The summed E-state index contributed by atoms with van der Waals surface area (Å²) in [5.74, 6) is -3.96. The van der Waals surface area contributed by atoms with Gasteiger partial charge in [-0.15, -0.1) is 11.8 Å². The second-order valence-electron chi connectivity index (χ2n) is 7.55. The fourth-order valence-electron chi connectivity index (χ4n) is 3.62. The number of carbonyl (C=O) groups is 5. The highest BCUT2D eigenvalue weighted by atomic mass is 32.2. The number of nitrogens with one attached hydrogen (secondary N) is 1. The minimum absolute atomic E-state index is 0.00719. The molecule has 33 heavy (non-hydrogen) atoms. The van der Waals surface area contributed by atoms with Crippen molar-refractivity contribution in [1.29, 1.82) is 0 Å². The Morgan fingerprint density at radius 1 is 1.21 bits per heavy atom. The van der Waals surface area contributed by atoms with Crippen molar-refractivity contribution in [3.63, 3.8) is 0 Å². The van der Waals surface area contributed by atoms with E-state index in [0.717, 1.165) is 17.3 Å². The predicted octanol–water partition coefficient (Wildman–Crippen LogP) is -0.692. The van der Waals surface area contributed by atoms with Crippen molar-refractivity contribution < 1.29 is 43.7 Å². The molecule has 0 spiro atoms. The molecule has 11 nitrogen and oxygen atoms in total. The summed E-state index contributed by atoms with van der Waals surface area (Å²) in [4.78, 5) is 60.9. The summed E-state index contributed by atoms with van der Waals surface area (Å²) in [7, 11) is 1.22. The van der Waals surface area contributed by atoms with Crippen LogP contribution < -0.4 is 5.32 Å². The first-order valence-corrected chi connectivity index (χ1v) is 11.2. The zero-order valence-corrected chi connectivity index (χ0v) is 18.5. The van der Waals surface area contributed by atoms with Gasteiger partial charge in [0.25, 0.3) is 5.91 Å². The first-order chi connectivity index (χ1) is 15.7. The van der Waals surface area contributed by atoms with E-state index in [9.17, 15) is 29.1 Å². The number of ketones is 1. The van der Waals surface area contributed by atoms with Gasteiger partial charge in [-0.2, -0.15) is 0 Å². The maximum Gasteiger partial charge on any atom is 0.354 e. The van der Waals surface area contributed by atoms with Gasteiger partial charge in [0.15, 0.2) is 11.9 Å². The van der Waals surface area contributed by atoms with Crippen molar-refractivity contribution in [2.45, 2.75) is 49.1 Å². The standard InChI is InChI=1S/C21H24N2O9S/c1-31-21(30)14-8-7-13(32-14)12(24)10-33-19-16(17(26)23(19)18(27)20(28)29)22-15(25)9-11-5-3-2-4-6-11/h2-6,13-14,16,18-19,27H,7-10H2,1H3,(H,22,25)(H,28,29)/t13?,14?,16?,18-,19-/m1/s1. The van der Waals surface area contributed by atoms with Crippen LogP contribution in [-0.4, -0.2) is 87.4 Å². The highest BCUT2D eigenvalue weighted by Gasteiger charge is 2.53. The number of carboxylic acid groups (broad SMARTS) is 1. The number of aliphatic carboxylic acids is 1. The molecule has 0 aromatic heterocycles. The van der Waals surface area contributed by atoms with Crippen LogP contribution in [0.25, 0.3) is 0 Å². The molecule has 1 aromatic carbocycles. The second kappa shape index (κ2) is 10.8. The zero-order valence-electron chi connectivity index (χ0n) is 17.7. The SMILES string of the molecule is COC(=O)C1CCC(C(=O)CS[C@@H]2C(NC(=O)Cc3ccccc3)C(=O)N2[C@H](O)C(=O)O)O1. The molecule has 0 bridgehead atoms. The van der Waals surface area contributed by atoms with Gasteiger partial charge in [0.2, 0.25) is 12.1 Å². The number of carbonyl (C=O) groups excluding carboxylic acids is 4. The molecule has 3 unspecified atom stereocenters. The predicted molar refractivity (Wildman–Crippen MR) is 114 cm³/mol. The summed E-state index contributed by atoms with van der Waals surface area (Å²) >= 11 is 0.909. The van der Waals surface area contributed by atoms with Gasteiger partial charge >= 0.3 is 11.9 Å². The van der Waals surface area contributed by atoms with Crippen LogP contribution >= 0.6 is 11.8 Å². The van der Waals surface area contributed by atoms with Crippen molar-refractivity contribution >= 4 is 41.3 Å². The van der Waals surface area contributed by atoms with E-state index in [0.29, 0.717) is 17.7 Å². The van der Waals surface area contributed by atoms with Gasteiger partial charge in [-0.1, -0.05) is 30.3 Å². The summed E-state index contributed by atoms with van der Waals surface area (Å²) in [5.41, 5.74) is 0.724. The van der Waals surface area contributed by atoms with Gasteiger partial charge in [-0.25, -0.2) is 9.59 Å². The number of likely N-dealkylation sites (tertiary alicyclic amines) is 1. The third-order valence-electron chi connectivity index (χ3n) is 5.33. The lowest BCUT2D eigenvalue weighted by Crippen LogP contribution is -2.73. The lowest BCUT2D eigenvalue weighted by atomic mass is 10.1. The van der Waals surface area contributed by atoms with Crippen molar-refractivity contribution in [1.82, 2.24) is 10.2 Å². The molecule has 12 heteroatoms. The number of hydrogen-bond donors (Lipinski definition) is 3. The van der Waals surface area contributed by atoms with E-state index in [-0.39, 0.29) is 18.0 Å². The average Bonchev–Trinajstić information content (AvgIpc) is 3.30. The largest absolute Gasteiger partial charge is 0.478 e. The lowest BCUT2D eigenvalue weighted by Gasteiger charge is -2.47. The Hall–Kier alpha value is -2.96. The Morgan fingerprint density at radius 3 is 2.52 bits per heavy atom. The van der Waals surface area contributed by atoms with Crippen LogP contribution in [0.3, 0.4) is 0 Å². The molecule has 2 saturated heterocycles. The van der Waals surface area contributed by atoms with Gasteiger partial charge in [0.05, 0.1) is 19.3 Å². The number of aliphatic hydroxyl groups excluding tert-OH is 1. The Labute approximate surface area is 193 Å². The molecule has 0 radical (unpaired) electrons. The third kappa shape index (κ3) is 5.70. The molecule has 5 atom stereocenters. The van der Waals surface area contributed by atoms with Gasteiger partial charge in [0, 0.05) is 0 Å². The Balaban J connectivity index is 1.61. The number of hydrogen-bond acceptors (Lipinski definition) is 9. The van der Waals surface area contributed by atoms with Crippen LogP contribution in [0.5, 0.6) is 0 Å². The number of methoxy groups -OCH3 is 1. The molecule has 3 N–H and O–H groups in total. The summed E-state index contributed by atoms with van der Waals surface area (Å²) in [6.45, 7) is 0. The Morgan fingerprint density at radius 2 is 1.88 bits per heavy atom. The van der Waals surface area contributed by atoms with Crippen LogP contribution in [0.2, 0.25) is 0 Å². The smallest absolute Gasteiger partial charge is 0.354 e. The first kappa shape index (κ1) is 24.7. The molecule has 2 aliphatic rings. The number of esters is 1. The van der Waals surface area contributed by atoms with Crippen molar-refractivity contribution in [3.8, 4) is 0 Å². The molecule has 0 saturated carbocycles. The summed E-state index contributed by atoms with van der Waals surface area (Å²) < 4.78 is 10.0. The number of carboxylic acids is 1. The number of amides is 2. The van der Waals surface area contributed by atoms with Gasteiger partial charge < -0.3 is 25.0 Å². The average molecular weight is 480 g/mol. The number of aliphatic hydroxyl groups is 1. The van der Waals surface area contributed by atoms with Crippen LogP contribution in [-0.2, 0) is 39.9 Å². The minimum atomic E-state index is -2.11. The Kier molecular flexibility index (Phi) is 8.06. The topological polar surface area (TPSA) is 160 Å². The van der Waals surface area contributed by atoms with Crippen LogP contribution in [0, 0.1) is 0 Å². The molecule has 2 fully saturated rings. The number of β-lactam (4-membered cyclic amide) rings is 1. The van der Waals surface area contributed by atoms with E-state index in [1.807, 2.05) is 0 Å². The van der Waals surface area contributed by atoms with Crippen molar-refractivity contribution in [3.05, 3.63) is 35.9 Å². The van der Waals surface area contributed by atoms with Gasteiger partial charge in [-0.05, 0) is 18.4 Å². The summed E-state index contributed by atoms with van der Waals surface area (Å²) in [6, 6.07) is 7.73.